The molecule has 1 heterocycles. The van der Waals surface area contributed by atoms with Gasteiger partial charge in [0.05, 0.1) is 4.88 Å². The number of hydrogen-bond acceptors (Lipinski definition) is 4. The Kier molecular flexibility index (Phi) is 4.02. The first-order chi connectivity index (χ1) is 10.7. The average Bonchev–Trinajstić information content (AvgIpc) is 2.96. The Hall–Kier alpha value is -2.86. The van der Waals surface area contributed by atoms with Crippen LogP contribution in [0.5, 0.6) is 0 Å². The van der Waals surface area contributed by atoms with Gasteiger partial charge in [-0.2, -0.15) is 0 Å². The number of amides is 2. The number of aromatic nitrogens is 1. The van der Waals surface area contributed by atoms with Crippen LogP contribution in [0.4, 0.5) is 21.3 Å². The van der Waals surface area contributed by atoms with E-state index < -0.39 is 0 Å². The zero-order chi connectivity index (χ0) is 15.4. The van der Waals surface area contributed by atoms with Crippen LogP contribution in [-0.2, 0) is 0 Å². The highest BCUT2D eigenvalue weighted by Crippen LogP contribution is 2.28. The lowest BCUT2D eigenvalue weighted by Crippen LogP contribution is -2.19. The third-order valence-corrected chi connectivity index (χ3v) is 3.89. The molecule has 0 radical (unpaired) electrons. The highest BCUT2D eigenvalue weighted by atomic mass is 32.1. The average molecular weight is 310 g/mol. The molecule has 0 unspecified atom stereocenters. The number of anilines is 3. The molecule has 3 rings (SSSR count). The van der Waals surface area contributed by atoms with Crippen molar-refractivity contribution in [3.05, 3.63) is 60.8 Å². The second-order valence-electron chi connectivity index (χ2n) is 4.60. The highest BCUT2D eigenvalue weighted by molar-refractivity contribution is 7.19. The minimum Gasteiger partial charge on any atom is -0.399 e. The number of carbonyl (C=O) groups excluding carboxylic acids is 1. The molecule has 0 spiro atoms. The summed E-state index contributed by atoms with van der Waals surface area (Å²) < 4.78 is 0. The molecule has 6 heteroatoms. The van der Waals surface area contributed by atoms with E-state index in [1.54, 1.807) is 30.5 Å². The van der Waals surface area contributed by atoms with Gasteiger partial charge in [0.2, 0.25) is 0 Å². The maximum atomic E-state index is 11.9. The van der Waals surface area contributed by atoms with E-state index in [0.29, 0.717) is 16.5 Å². The van der Waals surface area contributed by atoms with Crippen molar-refractivity contribution in [1.82, 2.24) is 4.98 Å². The maximum absolute atomic E-state index is 11.9. The smallest absolute Gasteiger partial charge is 0.325 e. The van der Waals surface area contributed by atoms with Crippen molar-refractivity contribution in [2.75, 3.05) is 16.4 Å². The van der Waals surface area contributed by atoms with Crippen molar-refractivity contribution in [2.45, 2.75) is 0 Å². The van der Waals surface area contributed by atoms with Gasteiger partial charge in [0.1, 0.15) is 0 Å². The zero-order valence-corrected chi connectivity index (χ0v) is 12.4. The Morgan fingerprint density at radius 1 is 1.05 bits per heavy atom. The summed E-state index contributed by atoms with van der Waals surface area (Å²) >= 11 is 1.42. The van der Waals surface area contributed by atoms with Gasteiger partial charge in [-0.05, 0) is 23.8 Å². The molecule has 4 N–H and O–H groups in total. The molecular weight excluding hydrogens is 296 g/mol. The van der Waals surface area contributed by atoms with E-state index >= 15 is 0 Å². The molecule has 22 heavy (non-hydrogen) atoms. The number of rotatable bonds is 3. The van der Waals surface area contributed by atoms with E-state index in [4.69, 9.17) is 5.73 Å². The van der Waals surface area contributed by atoms with Crippen LogP contribution in [0.2, 0.25) is 0 Å². The molecule has 2 amide bonds. The first-order valence-corrected chi connectivity index (χ1v) is 7.47. The molecule has 3 aromatic rings. The van der Waals surface area contributed by atoms with E-state index in [1.807, 2.05) is 30.3 Å². The molecule has 0 saturated heterocycles. The molecule has 1 aromatic heterocycles. The molecule has 0 aliphatic carbocycles. The fourth-order valence-electron chi connectivity index (χ4n) is 1.94. The molecule has 0 bridgehead atoms. The number of carbonyl (C=O) groups is 1. The van der Waals surface area contributed by atoms with Gasteiger partial charge in [-0.15, -0.1) is 0 Å². The lowest BCUT2D eigenvalue weighted by atomic mass is 10.2. The Labute approximate surface area is 131 Å². The van der Waals surface area contributed by atoms with Crippen LogP contribution in [0.3, 0.4) is 0 Å². The van der Waals surface area contributed by atoms with Crippen LogP contribution in [0.1, 0.15) is 0 Å². The molecule has 0 saturated carbocycles. The summed E-state index contributed by atoms with van der Waals surface area (Å²) in [6.45, 7) is 0. The van der Waals surface area contributed by atoms with Gasteiger partial charge < -0.3 is 11.1 Å². The van der Waals surface area contributed by atoms with Crippen LogP contribution >= 0.6 is 11.3 Å². The molecule has 110 valence electrons. The summed E-state index contributed by atoms with van der Waals surface area (Å²) in [7, 11) is 0. The number of benzene rings is 2. The molecule has 5 nitrogen and oxygen atoms in total. The first-order valence-electron chi connectivity index (χ1n) is 6.65. The maximum Gasteiger partial charge on any atom is 0.325 e. The lowest BCUT2D eigenvalue weighted by Gasteiger charge is -2.05. The summed E-state index contributed by atoms with van der Waals surface area (Å²) in [6.07, 6.45) is 1.75. The Balaban J connectivity index is 1.66. The van der Waals surface area contributed by atoms with Crippen LogP contribution in [0.25, 0.3) is 10.4 Å². The topological polar surface area (TPSA) is 80.0 Å². The zero-order valence-electron chi connectivity index (χ0n) is 11.6. The molecule has 0 aliphatic heterocycles. The van der Waals surface area contributed by atoms with Gasteiger partial charge in [-0.1, -0.05) is 47.7 Å². The monoisotopic (exact) mass is 310 g/mol. The largest absolute Gasteiger partial charge is 0.399 e. The lowest BCUT2D eigenvalue weighted by molar-refractivity contribution is 0.262. The summed E-state index contributed by atoms with van der Waals surface area (Å²) in [5.74, 6) is 0. The summed E-state index contributed by atoms with van der Waals surface area (Å²) in [5.41, 5.74) is 7.98. The number of urea groups is 1. The van der Waals surface area contributed by atoms with Gasteiger partial charge in [-0.3, -0.25) is 5.32 Å². The fourth-order valence-corrected chi connectivity index (χ4v) is 2.76. The number of nitrogens with zero attached hydrogens (tertiary/aromatic N) is 1. The normalized spacial score (nSPS) is 10.2. The number of hydrogen-bond donors (Lipinski definition) is 3. The standard InChI is InChI=1S/C16H14N4OS/c17-12-7-4-8-13(9-12)19-15(21)20-16-18-10-14(22-16)11-5-2-1-3-6-11/h1-10H,17H2,(H2,18,19,20,21). The Bertz CT molecular complexity index is 786. The molecule has 0 fully saturated rings. The molecule has 2 aromatic carbocycles. The van der Waals surface area contributed by atoms with Crippen LogP contribution < -0.4 is 16.4 Å². The summed E-state index contributed by atoms with van der Waals surface area (Å²) in [6, 6.07) is 16.6. The Morgan fingerprint density at radius 2 is 1.86 bits per heavy atom. The van der Waals surface area contributed by atoms with Crippen molar-refractivity contribution in [3.8, 4) is 10.4 Å². The van der Waals surface area contributed by atoms with Crippen LogP contribution in [-0.4, -0.2) is 11.0 Å². The summed E-state index contributed by atoms with van der Waals surface area (Å²) in [5, 5.41) is 5.98. The highest BCUT2D eigenvalue weighted by Gasteiger charge is 2.08. The van der Waals surface area contributed by atoms with E-state index in [1.165, 1.54) is 11.3 Å². The molecule has 0 atom stereocenters. The minimum absolute atomic E-state index is 0.348. The van der Waals surface area contributed by atoms with Crippen molar-refractivity contribution < 1.29 is 4.79 Å². The second-order valence-corrected chi connectivity index (χ2v) is 5.63. The number of nitrogens with one attached hydrogen (secondary N) is 2. The fraction of sp³-hybridized carbons (Fsp3) is 0. The van der Waals surface area contributed by atoms with Crippen molar-refractivity contribution >= 4 is 33.9 Å². The number of thiazole rings is 1. The second kappa shape index (κ2) is 6.28. The predicted octanol–water partition coefficient (Wildman–Crippen LogP) is 4.04. The van der Waals surface area contributed by atoms with Crippen molar-refractivity contribution in [3.63, 3.8) is 0 Å². The van der Waals surface area contributed by atoms with Crippen LogP contribution in [0.15, 0.2) is 60.8 Å². The van der Waals surface area contributed by atoms with Gasteiger partial charge in [0.25, 0.3) is 0 Å². The Morgan fingerprint density at radius 3 is 2.64 bits per heavy atom. The number of nitrogens with two attached hydrogens (primary N) is 1. The van der Waals surface area contributed by atoms with Gasteiger partial charge >= 0.3 is 6.03 Å². The van der Waals surface area contributed by atoms with Crippen LogP contribution in [0, 0.1) is 0 Å². The predicted molar refractivity (Wildman–Crippen MR) is 91.0 cm³/mol. The quantitative estimate of drug-likeness (QED) is 0.639. The van der Waals surface area contributed by atoms with E-state index in [9.17, 15) is 4.79 Å². The minimum atomic E-state index is -0.348. The van der Waals surface area contributed by atoms with E-state index in [0.717, 1.165) is 10.4 Å². The third kappa shape index (κ3) is 3.42. The SMILES string of the molecule is Nc1cccc(NC(=O)Nc2ncc(-c3ccccc3)s2)c1. The van der Waals surface area contributed by atoms with E-state index in [2.05, 4.69) is 15.6 Å². The molecule has 0 aliphatic rings. The van der Waals surface area contributed by atoms with Gasteiger partial charge in [0.15, 0.2) is 5.13 Å². The van der Waals surface area contributed by atoms with Gasteiger partial charge in [-0.25, -0.2) is 9.78 Å². The van der Waals surface area contributed by atoms with Gasteiger partial charge in [0, 0.05) is 17.6 Å². The third-order valence-electron chi connectivity index (χ3n) is 2.93. The molecular formula is C16H14N4OS. The number of nitrogen functional groups attached to an aromatic ring is 1. The van der Waals surface area contributed by atoms with Crippen molar-refractivity contribution in [1.29, 1.82) is 0 Å². The first kappa shape index (κ1) is 14.1. The van der Waals surface area contributed by atoms with E-state index in [-0.39, 0.29) is 6.03 Å². The summed E-state index contributed by atoms with van der Waals surface area (Å²) in [4.78, 5) is 17.2. The van der Waals surface area contributed by atoms with Crippen molar-refractivity contribution in [2.24, 2.45) is 0 Å².